The third-order valence-electron chi connectivity index (χ3n) is 3.36. The Hall–Kier alpha value is -1.82. The second-order valence-electron chi connectivity index (χ2n) is 4.89. The quantitative estimate of drug-likeness (QED) is 0.637. The summed E-state index contributed by atoms with van der Waals surface area (Å²) in [7, 11) is 0. The summed E-state index contributed by atoms with van der Waals surface area (Å²) in [4.78, 5) is 12.5. The number of halogens is 2. The molecule has 1 heterocycles. The summed E-state index contributed by atoms with van der Waals surface area (Å²) in [6.45, 7) is 0.417. The second-order valence-corrected chi connectivity index (χ2v) is 6.02. The van der Waals surface area contributed by atoms with Crippen LogP contribution >= 0.6 is 35.4 Å². The number of amides is 1. The highest BCUT2D eigenvalue weighted by molar-refractivity contribution is 7.71. The van der Waals surface area contributed by atoms with Crippen LogP contribution in [-0.4, -0.2) is 10.5 Å². The molecule has 1 N–H and O–H groups in total. The molecule has 0 saturated heterocycles. The molecule has 0 unspecified atom stereocenters. The van der Waals surface area contributed by atoms with E-state index in [0.29, 0.717) is 32.7 Å². The first-order valence-corrected chi connectivity index (χ1v) is 8.05. The molecule has 3 rings (SSSR count). The van der Waals surface area contributed by atoms with Gasteiger partial charge in [-0.25, -0.2) is 0 Å². The number of hydrogen-bond acceptors (Lipinski definition) is 3. The zero-order valence-corrected chi connectivity index (χ0v) is 14.2. The molecule has 0 aliphatic rings. The van der Waals surface area contributed by atoms with Crippen LogP contribution in [0.25, 0.3) is 11.1 Å². The van der Waals surface area contributed by atoms with Crippen molar-refractivity contribution in [3.63, 3.8) is 0 Å². The largest absolute Gasteiger partial charge is 0.429 e. The molecular weight excluding hydrogens is 355 g/mol. The van der Waals surface area contributed by atoms with Crippen molar-refractivity contribution in [3.05, 3.63) is 57.3 Å². The van der Waals surface area contributed by atoms with E-state index in [-0.39, 0.29) is 12.3 Å². The number of fused-ring (bicyclic) bond motifs is 1. The Balaban J connectivity index is 1.72. The van der Waals surface area contributed by atoms with Gasteiger partial charge in [0.25, 0.3) is 4.84 Å². The summed E-state index contributed by atoms with van der Waals surface area (Å²) < 4.78 is 7.29. The molecule has 0 fully saturated rings. The minimum Gasteiger partial charge on any atom is -0.429 e. The molecule has 0 bridgehead atoms. The number of benzene rings is 2. The highest BCUT2D eigenvalue weighted by Crippen LogP contribution is 2.29. The number of hydrogen-bond donors (Lipinski definition) is 1. The Labute approximate surface area is 147 Å². The van der Waals surface area contributed by atoms with Crippen molar-refractivity contribution in [3.8, 4) is 0 Å². The van der Waals surface area contributed by atoms with E-state index >= 15 is 0 Å². The summed E-state index contributed by atoms with van der Waals surface area (Å²) in [5.41, 5.74) is 2.06. The number of carbonyl (C=O) groups excluding carboxylic acids is 1. The number of anilines is 1. The molecule has 3 aromatic rings. The van der Waals surface area contributed by atoms with E-state index in [4.69, 9.17) is 39.8 Å². The van der Waals surface area contributed by atoms with Gasteiger partial charge >= 0.3 is 0 Å². The number of oxazole rings is 1. The molecule has 0 spiro atoms. The molecule has 0 atom stereocenters. The molecular formula is C16H12Cl2N2O2S. The van der Waals surface area contributed by atoms with Crippen molar-refractivity contribution in [1.82, 2.24) is 4.57 Å². The molecule has 0 radical (unpaired) electrons. The van der Waals surface area contributed by atoms with E-state index in [1.54, 1.807) is 22.8 Å². The lowest BCUT2D eigenvalue weighted by Gasteiger charge is -2.08. The minimum atomic E-state index is -0.179. The molecule has 0 aliphatic heterocycles. The van der Waals surface area contributed by atoms with Crippen LogP contribution < -0.4 is 5.32 Å². The van der Waals surface area contributed by atoms with Crippen LogP contribution in [-0.2, 0) is 11.3 Å². The second kappa shape index (κ2) is 6.74. The Morgan fingerprint density at radius 2 is 1.96 bits per heavy atom. The molecule has 7 heteroatoms. The Bertz CT molecular complexity index is 933. The fourth-order valence-corrected chi connectivity index (χ4v) is 2.88. The van der Waals surface area contributed by atoms with Crippen molar-refractivity contribution in [2.45, 2.75) is 13.0 Å². The minimum absolute atomic E-state index is 0.179. The van der Waals surface area contributed by atoms with Crippen LogP contribution in [0.4, 0.5) is 5.69 Å². The standard InChI is InChI=1S/C16H12Cl2N2O2S/c17-10-4-3-5-11(15(10)18)19-14(21)8-9-20-12-6-1-2-7-13(12)22-16(20)23/h1-7H,8-9H2,(H,19,21). The summed E-state index contributed by atoms with van der Waals surface area (Å²) in [5, 5.41) is 3.47. The maximum absolute atomic E-state index is 12.1. The van der Waals surface area contributed by atoms with E-state index < -0.39 is 0 Å². The predicted molar refractivity (Wildman–Crippen MR) is 94.7 cm³/mol. The van der Waals surface area contributed by atoms with Crippen molar-refractivity contribution in [2.24, 2.45) is 0 Å². The molecule has 2 aromatic carbocycles. The lowest BCUT2D eigenvalue weighted by molar-refractivity contribution is -0.116. The van der Waals surface area contributed by atoms with Gasteiger partial charge in [0.05, 0.1) is 21.2 Å². The van der Waals surface area contributed by atoms with Gasteiger partial charge in [0.2, 0.25) is 5.91 Å². The van der Waals surface area contributed by atoms with Gasteiger partial charge in [-0.05, 0) is 36.5 Å². The highest BCUT2D eigenvalue weighted by atomic mass is 35.5. The topological polar surface area (TPSA) is 47.2 Å². The third-order valence-corrected chi connectivity index (χ3v) is 4.48. The van der Waals surface area contributed by atoms with Gasteiger partial charge in [-0.1, -0.05) is 41.4 Å². The Morgan fingerprint density at radius 3 is 2.78 bits per heavy atom. The number of carbonyl (C=O) groups is 1. The van der Waals surface area contributed by atoms with Gasteiger partial charge in [0.15, 0.2) is 5.58 Å². The maximum atomic E-state index is 12.1. The Morgan fingerprint density at radius 1 is 1.17 bits per heavy atom. The number of para-hydroxylation sites is 2. The molecule has 0 aliphatic carbocycles. The fourth-order valence-electron chi connectivity index (χ4n) is 2.25. The smallest absolute Gasteiger partial charge is 0.269 e. The van der Waals surface area contributed by atoms with E-state index in [1.807, 2.05) is 24.3 Å². The highest BCUT2D eigenvalue weighted by Gasteiger charge is 2.11. The molecule has 1 aromatic heterocycles. The Kier molecular flexibility index (Phi) is 4.71. The van der Waals surface area contributed by atoms with Crippen LogP contribution in [0.2, 0.25) is 10.0 Å². The van der Waals surface area contributed by atoms with Crippen LogP contribution in [0.1, 0.15) is 6.42 Å². The van der Waals surface area contributed by atoms with Crippen LogP contribution in [0.15, 0.2) is 46.9 Å². The monoisotopic (exact) mass is 366 g/mol. The maximum Gasteiger partial charge on any atom is 0.269 e. The summed E-state index contributed by atoms with van der Waals surface area (Å²) in [6, 6.07) is 12.6. The molecule has 23 heavy (non-hydrogen) atoms. The molecule has 1 amide bonds. The first-order chi connectivity index (χ1) is 11.1. The molecule has 4 nitrogen and oxygen atoms in total. The zero-order chi connectivity index (χ0) is 16.4. The van der Waals surface area contributed by atoms with Gasteiger partial charge in [-0.2, -0.15) is 0 Å². The van der Waals surface area contributed by atoms with Crippen LogP contribution in [0.5, 0.6) is 0 Å². The van der Waals surface area contributed by atoms with Crippen molar-refractivity contribution in [1.29, 1.82) is 0 Å². The number of nitrogens with one attached hydrogen (secondary N) is 1. The van der Waals surface area contributed by atoms with E-state index in [1.165, 1.54) is 0 Å². The van der Waals surface area contributed by atoms with Gasteiger partial charge in [-0.15, -0.1) is 0 Å². The van der Waals surface area contributed by atoms with Gasteiger partial charge < -0.3 is 9.73 Å². The lowest BCUT2D eigenvalue weighted by Crippen LogP contribution is -2.14. The van der Waals surface area contributed by atoms with E-state index in [9.17, 15) is 4.79 Å². The van der Waals surface area contributed by atoms with Crippen molar-refractivity contribution >= 4 is 58.1 Å². The summed E-state index contributed by atoms with van der Waals surface area (Å²) in [6.07, 6.45) is 0.237. The van der Waals surface area contributed by atoms with Crippen LogP contribution in [0, 0.1) is 4.84 Å². The van der Waals surface area contributed by atoms with Crippen molar-refractivity contribution in [2.75, 3.05) is 5.32 Å². The normalized spacial score (nSPS) is 10.9. The zero-order valence-electron chi connectivity index (χ0n) is 11.9. The third kappa shape index (κ3) is 3.42. The molecule has 118 valence electrons. The number of aromatic nitrogens is 1. The van der Waals surface area contributed by atoms with Gasteiger partial charge in [-0.3, -0.25) is 9.36 Å². The van der Waals surface area contributed by atoms with Gasteiger partial charge in [0, 0.05) is 13.0 Å². The summed E-state index contributed by atoms with van der Waals surface area (Å²) in [5.74, 6) is -0.179. The number of rotatable bonds is 4. The SMILES string of the molecule is O=C(CCn1c(=S)oc2ccccc21)Nc1cccc(Cl)c1Cl. The average molecular weight is 367 g/mol. The first-order valence-electron chi connectivity index (χ1n) is 6.88. The summed E-state index contributed by atoms with van der Waals surface area (Å²) >= 11 is 17.2. The predicted octanol–water partition coefficient (Wildman–Crippen LogP) is 5.30. The first kappa shape index (κ1) is 16.1. The van der Waals surface area contributed by atoms with Gasteiger partial charge in [0.1, 0.15) is 0 Å². The van der Waals surface area contributed by atoms with Crippen molar-refractivity contribution < 1.29 is 9.21 Å². The average Bonchev–Trinajstić information content (AvgIpc) is 2.85. The number of aryl methyl sites for hydroxylation is 1. The molecule has 0 saturated carbocycles. The van der Waals surface area contributed by atoms with E-state index in [2.05, 4.69) is 5.32 Å². The number of nitrogens with zero attached hydrogens (tertiary/aromatic N) is 1. The lowest BCUT2D eigenvalue weighted by atomic mass is 10.3. The fraction of sp³-hybridized carbons (Fsp3) is 0.125. The van der Waals surface area contributed by atoms with E-state index in [0.717, 1.165) is 5.52 Å². The van der Waals surface area contributed by atoms with Crippen LogP contribution in [0.3, 0.4) is 0 Å².